The third-order valence-electron chi connectivity index (χ3n) is 9.42. The summed E-state index contributed by atoms with van der Waals surface area (Å²) in [7, 11) is 0.153. The molecule has 2 heterocycles. The summed E-state index contributed by atoms with van der Waals surface area (Å²) in [6.45, 7) is 4.21. The van der Waals surface area contributed by atoms with Gasteiger partial charge in [0.05, 0.1) is 55.3 Å². The molecule has 1 fully saturated rings. The number of allylic oxidation sites excluding steroid dienone is 3. The molecule has 13 nitrogen and oxygen atoms in total. The molecule has 52 heavy (non-hydrogen) atoms. The lowest BCUT2D eigenvalue weighted by Crippen LogP contribution is -2.55. The standard InChI is InChI=1S/C36H43Cl2N7O6S/c1-5-51-31-16-15-29(52(48,49)42(3)50-4)23-30(31)35-40-33(25-7-11-27(37)12-8-25)34(26-9-13-28(38)14-10-26)45(35)36(47)44-21-19-43(20-22-44)24-32(46)41(2)18-6-17-39/h7,9-16,23,25,33-34H,5-6,8,18-22,24H2,1-4H3/t25?,33-,34+/m0/s1. The maximum atomic E-state index is 15.0. The number of urea groups is 1. The van der Waals surface area contributed by atoms with Crippen LogP contribution in [0.3, 0.4) is 0 Å². The van der Waals surface area contributed by atoms with E-state index in [0.717, 1.165) is 10.0 Å². The summed E-state index contributed by atoms with van der Waals surface area (Å²) < 4.78 is 33.7. The number of carbonyl (C=O) groups is 2. The average molecular weight is 773 g/mol. The third-order valence-corrected chi connectivity index (χ3v) is 11.6. The second-order valence-corrected chi connectivity index (χ2v) is 15.4. The monoisotopic (exact) mass is 771 g/mol. The van der Waals surface area contributed by atoms with Crippen LogP contribution in [0.5, 0.6) is 5.75 Å². The van der Waals surface area contributed by atoms with Crippen LogP contribution in [0.4, 0.5) is 4.79 Å². The summed E-state index contributed by atoms with van der Waals surface area (Å²) in [6.07, 6.45) is 6.56. The van der Waals surface area contributed by atoms with E-state index in [9.17, 15) is 18.0 Å². The van der Waals surface area contributed by atoms with Gasteiger partial charge in [-0.15, -0.1) is 0 Å². The van der Waals surface area contributed by atoms with Gasteiger partial charge in [0.25, 0.3) is 10.0 Å². The lowest BCUT2D eigenvalue weighted by molar-refractivity contribution is -0.131. The first-order valence-electron chi connectivity index (χ1n) is 17.0. The molecule has 0 aromatic heterocycles. The average Bonchev–Trinajstić information content (AvgIpc) is 3.54. The molecule has 2 aromatic carbocycles. The van der Waals surface area contributed by atoms with Crippen LogP contribution in [0.15, 0.2) is 75.6 Å². The Balaban J connectivity index is 1.57. The van der Waals surface area contributed by atoms with Gasteiger partial charge in [-0.25, -0.2) is 13.2 Å². The first-order valence-corrected chi connectivity index (χ1v) is 19.2. The fourth-order valence-electron chi connectivity index (χ4n) is 6.44. The number of halogens is 2. The molecule has 5 rings (SSSR count). The van der Waals surface area contributed by atoms with Gasteiger partial charge in [0.2, 0.25) is 5.91 Å². The van der Waals surface area contributed by atoms with Crippen molar-refractivity contribution in [2.45, 2.75) is 36.7 Å². The van der Waals surface area contributed by atoms with E-state index < -0.39 is 22.1 Å². The Morgan fingerprint density at radius 2 is 1.79 bits per heavy atom. The van der Waals surface area contributed by atoms with Crippen LogP contribution >= 0.6 is 23.2 Å². The molecule has 1 unspecified atom stereocenters. The maximum absolute atomic E-state index is 15.0. The van der Waals surface area contributed by atoms with E-state index in [0.29, 0.717) is 60.5 Å². The minimum atomic E-state index is -4.08. The third kappa shape index (κ3) is 8.62. The van der Waals surface area contributed by atoms with Crippen LogP contribution in [0.2, 0.25) is 5.02 Å². The smallest absolute Gasteiger partial charge is 0.326 e. The van der Waals surface area contributed by atoms with Gasteiger partial charge in [-0.3, -0.25) is 24.4 Å². The lowest BCUT2D eigenvalue weighted by Gasteiger charge is -2.39. The van der Waals surface area contributed by atoms with Crippen molar-refractivity contribution in [3.63, 3.8) is 0 Å². The molecular weight excluding hydrogens is 729 g/mol. The van der Waals surface area contributed by atoms with Gasteiger partial charge in [0, 0.05) is 62.8 Å². The second-order valence-electron chi connectivity index (χ2n) is 12.6. The predicted octanol–water partition coefficient (Wildman–Crippen LogP) is 4.90. The molecule has 278 valence electrons. The van der Waals surface area contributed by atoms with Gasteiger partial charge >= 0.3 is 6.03 Å². The van der Waals surface area contributed by atoms with Crippen molar-refractivity contribution in [3.8, 4) is 11.8 Å². The predicted molar refractivity (Wildman–Crippen MR) is 198 cm³/mol. The number of piperazine rings is 1. The molecule has 16 heteroatoms. The van der Waals surface area contributed by atoms with E-state index in [4.69, 9.17) is 43.0 Å². The number of amides is 3. The van der Waals surface area contributed by atoms with Gasteiger partial charge in [-0.2, -0.15) is 5.26 Å². The number of hydroxylamine groups is 1. The summed E-state index contributed by atoms with van der Waals surface area (Å²) in [5.41, 5.74) is 1.13. The highest BCUT2D eigenvalue weighted by Crippen LogP contribution is 2.43. The van der Waals surface area contributed by atoms with Crippen molar-refractivity contribution in [1.82, 2.24) is 24.1 Å². The van der Waals surface area contributed by atoms with E-state index in [1.54, 1.807) is 39.9 Å². The van der Waals surface area contributed by atoms with E-state index in [1.165, 1.54) is 26.3 Å². The number of likely N-dealkylation sites (N-methyl/N-ethyl adjacent to an activating group) is 1. The van der Waals surface area contributed by atoms with Gasteiger partial charge in [-0.1, -0.05) is 52.0 Å². The number of carbonyl (C=O) groups excluding carboxylic acids is 2. The van der Waals surface area contributed by atoms with Crippen molar-refractivity contribution >= 4 is 51.0 Å². The molecule has 2 aliphatic heterocycles. The molecular formula is C36H43Cl2N7O6S. The van der Waals surface area contributed by atoms with Gasteiger partial charge in [0.1, 0.15) is 11.6 Å². The zero-order valence-electron chi connectivity index (χ0n) is 29.6. The maximum Gasteiger partial charge on any atom is 0.326 e. The summed E-state index contributed by atoms with van der Waals surface area (Å²) in [5, 5.41) is 10.0. The Labute approximate surface area is 315 Å². The van der Waals surface area contributed by atoms with Crippen molar-refractivity contribution in [2.75, 3.05) is 67.1 Å². The van der Waals surface area contributed by atoms with E-state index in [1.807, 2.05) is 42.2 Å². The number of ether oxygens (including phenoxy) is 1. The minimum absolute atomic E-state index is 0.0674. The normalized spacial score (nSPS) is 20.8. The largest absolute Gasteiger partial charge is 0.493 e. The SMILES string of the molecule is CCOc1ccc(S(=O)(=O)N(C)OC)cc1C1=N[C@@H](C2C=CC(Cl)=CC2)[C@@H](c2ccc(Cl)cc2)N1C(=O)N1CCN(CC(=O)N(C)CCC#N)CC1. The number of amidine groups is 1. The summed E-state index contributed by atoms with van der Waals surface area (Å²) in [5.74, 6) is 0.376. The first-order chi connectivity index (χ1) is 24.9. The highest BCUT2D eigenvalue weighted by atomic mass is 35.5. The topological polar surface area (TPSA) is 139 Å². The van der Waals surface area contributed by atoms with Crippen molar-refractivity contribution in [1.29, 1.82) is 5.26 Å². The second kappa shape index (κ2) is 17.2. The molecule has 0 saturated carbocycles. The number of benzene rings is 2. The van der Waals surface area contributed by atoms with Crippen LogP contribution in [-0.4, -0.2) is 123 Å². The van der Waals surface area contributed by atoms with Crippen LogP contribution in [0.25, 0.3) is 0 Å². The van der Waals surface area contributed by atoms with Crippen LogP contribution in [-0.2, 0) is 19.7 Å². The molecule has 0 bridgehead atoms. The molecule has 0 spiro atoms. The molecule has 0 N–H and O–H groups in total. The fourth-order valence-corrected chi connectivity index (χ4v) is 7.73. The molecule has 2 aromatic rings. The van der Waals surface area contributed by atoms with Crippen LogP contribution < -0.4 is 4.74 Å². The molecule has 3 amide bonds. The Hall–Kier alpha value is -3.97. The van der Waals surface area contributed by atoms with Crippen LogP contribution in [0.1, 0.15) is 36.9 Å². The Morgan fingerprint density at radius 3 is 2.40 bits per heavy atom. The summed E-state index contributed by atoms with van der Waals surface area (Å²) >= 11 is 12.7. The molecule has 0 radical (unpaired) electrons. The Kier molecular flexibility index (Phi) is 13.0. The van der Waals surface area contributed by atoms with E-state index in [-0.39, 0.29) is 48.2 Å². The van der Waals surface area contributed by atoms with Crippen molar-refractivity contribution < 1.29 is 27.6 Å². The number of sulfonamides is 1. The van der Waals surface area contributed by atoms with Gasteiger partial charge < -0.3 is 14.5 Å². The number of hydrogen-bond acceptors (Lipinski definition) is 9. The van der Waals surface area contributed by atoms with Crippen molar-refractivity contribution in [3.05, 3.63) is 81.9 Å². The summed E-state index contributed by atoms with van der Waals surface area (Å²) in [6, 6.07) is 12.4. The number of hydrogen-bond donors (Lipinski definition) is 0. The quantitative estimate of drug-likeness (QED) is 0.278. The Bertz CT molecular complexity index is 1870. The highest BCUT2D eigenvalue weighted by molar-refractivity contribution is 7.89. The van der Waals surface area contributed by atoms with Gasteiger partial charge in [-0.05, 0) is 55.3 Å². The van der Waals surface area contributed by atoms with Gasteiger partial charge in [0.15, 0.2) is 0 Å². The first kappa shape index (κ1) is 39.2. The molecule has 1 aliphatic carbocycles. The molecule has 3 aliphatic rings. The minimum Gasteiger partial charge on any atom is -0.493 e. The number of aliphatic imine (C=N–C) groups is 1. The highest BCUT2D eigenvalue weighted by Gasteiger charge is 2.47. The number of nitriles is 1. The number of nitrogens with zero attached hydrogens (tertiary/aromatic N) is 7. The van der Waals surface area contributed by atoms with E-state index >= 15 is 0 Å². The van der Waals surface area contributed by atoms with Crippen LogP contribution in [0, 0.1) is 17.2 Å². The van der Waals surface area contributed by atoms with Crippen molar-refractivity contribution in [2.24, 2.45) is 10.9 Å². The molecule has 1 saturated heterocycles. The number of rotatable bonds is 12. The lowest BCUT2D eigenvalue weighted by atomic mass is 9.85. The zero-order valence-corrected chi connectivity index (χ0v) is 31.9. The Morgan fingerprint density at radius 1 is 1.08 bits per heavy atom. The molecule has 3 atom stereocenters. The van der Waals surface area contributed by atoms with E-state index in [2.05, 4.69) is 6.07 Å². The summed E-state index contributed by atoms with van der Waals surface area (Å²) in [4.78, 5) is 44.9. The fraction of sp³-hybridized carbons (Fsp3) is 0.444. The zero-order chi connectivity index (χ0) is 37.6.